The van der Waals surface area contributed by atoms with E-state index in [1.807, 2.05) is 0 Å². The van der Waals surface area contributed by atoms with E-state index < -0.39 is 0 Å². The topological polar surface area (TPSA) is 0 Å². The first-order valence-corrected chi connectivity index (χ1v) is 4.14. The molecule has 9 heavy (non-hydrogen) atoms. The van der Waals surface area contributed by atoms with E-state index in [1.54, 1.807) is 0 Å². The van der Waals surface area contributed by atoms with Crippen LogP contribution in [0.5, 0.6) is 0 Å². The van der Waals surface area contributed by atoms with Crippen molar-refractivity contribution in [1.29, 1.82) is 0 Å². The molecular weight excluding hydrogens is 108 g/mol. The standard InChI is InChI=1S/C9H19/c1-4-6-7-8-9(3)5-2/h9H,3-8H2,1-2H3/q+1. The third-order valence-corrected chi connectivity index (χ3v) is 1.79. The summed E-state index contributed by atoms with van der Waals surface area (Å²) in [6.45, 7) is 8.48. The van der Waals surface area contributed by atoms with Crippen molar-refractivity contribution >= 4 is 0 Å². The summed E-state index contributed by atoms with van der Waals surface area (Å²) in [6, 6.07) is 0. The number of hydrogen-bond donors (Lipinski definition) is 0. The summed E-state index contributed by atoms with van der Waals surface area (Å²) in [6.07, 6.45) is 6.65. The van der Waals surface area contributed by atoms with Crippen LogP contribution in [0.25, 0.3) is 0 Å². The van der Waals surface area contributed by atoms with E-state index in [2.05, 4.69) is 20.8 Å². The highest BCUT2D eigenvalue weighted by Crippen LogP contribution is 2.10. The molecule has 0 aliphatic rings. The van der Waals surface area contributed by atoms with Crippen molar-refractivity contribution in [3.63, 3.8) is 0 Å². The fourth-order valence-corrected chi connectivity index (χ4v) is 0.887. The molecule has 0 radical (unpaired) electrons. The van der Waals surface area contributed by atoms with Gasteiger partial charge in [-0.2, -0.15) is 0 Å². The molecule has 0 N–H and O–H groups in total. The van der Waals surface area contributed by atoms with Crippen LogP contribution in [0.3, 0.4) is 0 Å². The first kappa shape index (κ1) is 8.87. The van der Waals surface area contributed by atoms with Gasteiger partial charge in [-0.1, -0.05) is 26.7 Å². The predicted octanol–water partition coefficient (Wildman–Crippen LogP) is 3.43. The molecule has 0 saturated carbocycles. The molecule has 0 aromatic carbocycles. The summed E-state index contributed by atoms with van der Waals surface area (Å²) >= 11 is 0. The lowest BCUT2D eigenvalue weighted by atomic mass is 10.0. The molecular formula is C9H19+. The molecule has 1 unspecified atom stereocenters. The van der Waals surface area contributed by atoms with Crippen molar-refractivity contribution in [2.24, 2.45) is 5.92 Å². The molecule has 0 aliphatic carbocycles. The Morgan fingerprint density at radius 3 is 2.33 bits per heavy atom. The first-order chi connectivity index (χ1) is 4.31. The second kappa shape index (κ2) is 6.00. The second-order valence-corrected chi connectivity index (χ2v) is 2.77. The largest absolute Gasteiger partial charge is 0.0950 e. The smallest absolute Gasteiger partial charge is 0.0654 e. The van der Waals surface area contributed by atoms with Crippen LogP contribution in [-0.4, -0.2) is 0 Å². The molecule has 0 fully saturated rings. The van der Waals surface area contributed by atoms with E-state index in [0.29, 0.717) is 5.92 Å². The molecule has 0 aromatic heterocycles. The van der Waals surface area contributed by atoms with E-state index >= 15 is 0 Å². The monoisotopic (exact) mass is 127 g/mol. The van der Waals surface area contributed by atoms with Crippen molar-refractivity contribution in [3.05, 3.63) is 6.92 Å². The van der Waals surface area contributed by atoms with Gasteiger partial charge in [0.05, 0.1) is 12.8 Å². The quantitative estimate of drug-likeness (QED) is 0.392. The van der Waals surface area contributed by atoms with E-state index in [0.717, 1.165) is 0 Å². The lowest BCUT2D eigenvalue weighted by molar-refractivity contribution is 0.524. The fraction of sp³-hybridized carbons (Fsp3) is 0.889. The fourth-order valence-electron chi connectivity index (χ4n) is 0.887. The van der Waals surface area contributed by atoms with Crippen LogP contribution in [0.4, 0.5) is 0 Å². The van der Waals surface area contributed by atoms with Gasteiger partial charge in [0.15, 0.2) is 0 Å². The van der Waals surface area contributed by atoms with Crippen molar-refractivity contribution in [3.8, 4) is 0 Å². The summed E-state index contributed by atoms with van der Waals surface area (Å²) in [5.41, 5.74) is 0. The first-order valence-electron chi connectivity index (χ1n) is 4.14. The van der Waals surface area contributed by atoms with Crippen molar-refractivity contribution in [2.75, 3.05) is 0 Å². The summed E-state index contributed by atoms with van der Waals surface area (Å²) in [5, 5.41) is 0. The molecule has 0 bridgehead atoms. The van der Waals surface area contributed by atoms with Crippen LogP contribution in [0.1, 0.15) is 46.0 Å². The zero-order chi connectivity index (χ0) is 7.11. The molecule has 54 valence electrons. The highest BCUT2D eigenvalue weighted by Gasteiger charge is 2.02. The van der Waals surface area contributed by atoms with Gasteiger partial charge >= 0.3 is 0 Å². The second-order valence-electron chi connectivity index (χ2n) is 2.77. The third kappa shape index (κ3) is 5.75. The predicted molar refractivity (Wildman–Crippen MR) is 43.3 cm³/mol. The molecule has 0 nitrogen and oxygen atoms in total. The summed E-state index contributed by atoms with van der Waals surface area (Å²) in [7, 11) is 0. The number of unbranched alkanes of at least 4 members (excludes halogenated alkanes) is 2. The van der Waals surface area contributed by atoms with Gasteiger partial charge in [-0.25, -0.2) is 0 Å². The van der Waals surface area contributed by atoms with Crippen molar-refractivity contribution in [2.45, 2.75) is 46.0 Å². The van der Waals surface area contributed by atoms with Crippen LogP contribution >= 0.6 is 0 Å². The van der Waals surface area contributed by atoms with Gasteiger partial charge in [0.25, 0.3) is 0 Å². The molecule has 0 spiro atoms. The maximum Gasteiger partial charge on any atom is 0.0950 e. The van der Waals surface area contributed by atoms with E-state index in [1.165, 1.54) is 32.1 Å². The van der Waals surface area contributed by atoms with Gasteiger partial charge in [-0.15, -0.1) is 0 Å². The summed E-state index contributed by atoms with van der Waals surface area (Å²) < 4.78 is 0. The Morgan fingerprint density at radius 1 is 1.22 bits per heavy atom. The number of hydrogen-bond acceptors (Lipinski definition) is 0. The molecule has 1 atom stereocenters. The minimum Gasteiger partial charge on any atom is -0.0654 e. The Bertz CT molecular complexity index is 48.0. The zero-order valence-electron chi connectivity index (χ0n) is 6.82. The van der Waals surface area contributed by atoms with Crippen LogP contribution in [-0.2, 0) is 0 Å². The van der Waals surface area contributed by atoms with Gasteiger partial charge in [0, 0.05) is 0 Å². The van der Waals surface area contributed by atoms with Crippen molar-refractivity contribution < 1.29 is 0 Å². The highest BCUT2D eigenvalue weighted by atomic mass is 14.0. The van der Waals surface area contributed by atoms with E-state index in [-0.39, 0.29) is 0 Å². The van der Waals surface area contributed by atoms with Gasteiger partial charge in [-0.05, 0) is 19.3 Å². The molecule has 0 aliphatic heterocycles. The molecule has 0 rings (SSSR count). The average molecular weight is 127 g/mol. The summed E-state index contributed by atoms with van der Waals surface area (Å²) in [5.74, 6) is 0.705. The maximum atomic E-state index is 4.03. The molecule has 0 heterocycles. The van der Waals surface area contributed by atoms with E-state index in [4.69, 9.17) is 0 Å². The minimum absolute atomic E-state index is 0.705. The molecule has 0 saturated heterocycles. The van der Waals surface area contributed by atoms with Crippen molar-refractivity contribution in [1.82, 2.24) is 0 Å². The van der Waals surface area contributed by atoms with Crippen LogP contribution in [0, 0.1) is 12.8 Å². The minimum atomic E-state index is 0.705. The molecule has 0 aromatic rings. The zero-order valence-corrected chi connectivity index (χ0v) is 6.82. The van der Waals surface area contributed by atoms with Crippen LogP contribution in [0.2, 0.25) is 0 Å². The summed E-state index contributed by atoms with van der Waals surface area (Å²) in [4.78, 5) is 0. The van der Waals surface area contributed by atoms with Gasteiger partial charge in [-0.3, -0.25) is 0 Å². The Hall–Kier alpha value is -0.130. The van der Waals surface area contributed by atoms with Gasteiger partial charge in [0.2, 0.25) is 0 Å². The van der Waals surface area contributed by atoms with Crippen LogP contribution < -0.4 is 0 Å². The Balaban J connectivity index is 2.88. The lowest BCUT2D eigenvalue weighted by Crippen LogP contribution is -1.91. The number of rotatable bonds is 5. The average Bonchev–Trinajstić information content (AvgIpc) is 1.89. The third-order valence-electron chi connectivity index (χ3n) is 1.79. The Kier molecular flexibility index (Phi) is 5.91. The molecule has 0 amide bonds. The van der Waals surface area contributed by atoms with E-state index in [9.17, 15) is 0 Å². The van der Waals surface area contributed by atoms with Gasteiger partial charge in [0.1, 0.15) is 0 Å². The molecule has 0 heteroatoms. The normalized spacial score (nSPS) is 13.6. The van der Waals surface area contributed by atoms with Gasteiger partial charge < -0.3 is 0 Å². The van der Waals surface area contributed by atoms with Crippen LogP contribution in [0.15, 0.2) is 0 Å². The Labute approximate surface area is 59.7 Å². The SMILES string of the molecule is [CH2+]C(CC)CCCCC. The Morgan fingerprint density at radius 2 is 1.89 bits per heavy atom. The highest BCUT2D eigenvalue weighted by molar-refractivity contribution is 4.57. The lowest BCUT2D eigenvalue weighted by Gasteiger charge is -1.99. The maximum absolute atomic E-state index is 4.03.